The molecule has 0 radical (unpaired) electrons. The molecule has 57 heteroatoms. The van der Waals surface area contributed by atoms with Gasteiger partial charge >= 0.3 is 258 Å². The van der Waals surface area contributed by atoms with Crippen molar-refractivity contribution < 1.29 is 350 Å². The van der Waals surface area contributed by atoms with E-state index in [1.165, 1.54) is 60.7 Å². The Kier molecular flexibility index (Phi) is 41.5. The molecule has 0 saturated carbocycles. The van der Waals surface area contributed by atoms with Gasteiger partial charge in [0, 0.05) is 44.0 Å². The Morgan fingerprint density at radius 3 is 1.10 bits per heavy atom. The molecule has 0 bridgehead atoms. The topological polar surface area (TPSA) is 649 Å². The Bertz CT molecular complexity index is 6060. The zero-order valence-corrected chi connectivity index (χ0v) is 81.0. The van der Waals surface area contributed by atoms with E-state index in [4.69, 9.17) is 48.5 Å². The summed E-state index contributed by atoms with van der Waals surface area (Å²) in [6, 6.07) is 27.3. The molecule has 9 aromatic carbocycles. The fourth-order valence-electron chi connectivity index (χ4n) is 9.32. The number of fused-ring (bicyclic) bond motifs is 4. The van der Waals surface area contributed by atoms with E-state index in [-0.39, 0.29) is 293 Å². The van der Waals surface area contributed by atoms with Gasteiger partial charge in [-0.15, -0.1) is 107 Å². The van der Waals surface area contributed by atoms with Crippen molar-refractivity contribution in [2.45, 2.75) is 35.8 Å². The number of rotatable bonds is 18. The molecular weight excluding hydrogens is 1750 g/mol. The van der Waals surface area contributed by atoms with Gasteiger partial charge in [0.25, 0.3) is 0 Å². The van der Waals surface area contributed by atoms with Crippen molar-refractivity contribution in [1.82, 2.24) is 29.9 Å². The van der Waals surface area contributed by atoms with Crippen molar-refractivity contribution >= 4 is 206 Å². The SMILES string of the molecule is O=S(=O)([O-])c1cc(Nc2nc(Cl)nc(Cc3ccc(Nc4nc(Cl)nc(Nc5cc(S(=O)(=O)[O-])cc6cc(S(=O)(=O)[O-])c(N=Nc7[c-]c8cccc(S(=O)(=O)[O-])c8cc7)c(O)c56)n4)cc3)n2)c2c(O)c(N=Nc3[c-]c4cccc(S(=O)(=O)[O-])c4cc3)c(S(=O)(=O)[O-])cc2c1.O=S(=O)=O.O=S(=O)=O.[Na+].[Na+].[Na+].[Na+].[Na+].[Na+].[Na+].[Na+]. The van der Waals surface area contributed by atoms with Crippen LogP contribution in [0.1, 0.15) is 11.4 Å². The van der Waals surface area contributed by atoms with Crippen molar-refractivity contribution in [3.8, 4) is 11.5 Å². The second kappa shape index (κ2) is 43.3. The average molecular weight is 1770 g/mol. The maximum Gasteiger partial charge on any atom is 1.00 e. The second-order valence-electron chi connectivity index (χ2n) is 19.8. The van der Waals surface area contributed by atoms with Crippen LogP contribution in [-0.2, 0) is 88.3 Å². The van der Waals surface area contributed by atoms with E-state index < -0.39 is 190 Å². The van der Waals surface area contributed by atoms with Crippen molar-refractivity contribution in [3.63, 3.8) is 0 Å². The summed E-state index contributed by atoms with van der Waals surface area (Å²) in [5.41, 5.74) is -2.73. The standard InChI is InChI=1S/C53H33Cl2N13O20S6.8Na.2O3S/c54-49-59-42(60-52(61-49)57-36-22-32(89(71,72)73)18-27-20-40(93(83,84)85)45(47(69)43(27)36)67-65-30-11-13-34-25(16-30)3-1-5-38(34)91(77,78)79)15-24-7-9-29(10-8-24)56-51-62-50(55)63-53(64-51)58-37-23-33(90(74,75)76)19-28-21-41(94(86,87)88)46(48(70)44(28)37)68-66-31-12-14-35-26(17-31)4-2-6-39(35)92(80,81)82;;;;;;;;;2*1-4(2)3/h1-14,18-23,69-70H,15H2,(H,71,72,73)(H,74,75,76)(H,77,78,79)(H,80,81,82)(H,83,84,85)(H,86,87,88)(H,57,59,60,61)(H2,56,58,62,63,64);;;;;;;;;;/q-2;8*+1;;/p-6. The van der Waals surface area contributed by atoms with Crippen LogP contribution in [0.4, 0.5) is 57.7 Å². The number of halogens is 2. The van der Waals surface area contributed by atoms with Gasteiger partial charge in [-0.2, -0.15) is 35.1 Å². The fourth-order valence-corrected chi connectivity index (χ4v) is 13.4. The molecule has 2 aromatic heterocycles. The number of azo groups is 2. The van der Waals surface area contributed by atoms with Crippen molar-refractivity contribution in [3.05, 3.63) is 155 Å². The van der Waals surface area contributed by atoms with E-state index in [1.807, 2.05) is 0 Å². The van der Waals surface area contributed by atoms with Gasteiger partial charge in [0.05, 0.1) is 31.0 Å². The monoisotopic (exact) mass is 1770 g/mol. The molecule has 530 valence electrons. The Hall–Kier alpha value is -2.48. The van der Waals surface area contributed by atoms with Gasteiger partial charge in [0.2, 0.25) is 28.4 Å². The normalized spacial score (nSPS) is 11.4. The molecule has 0 saturated heterocycles. The number of phenolic OH excluding ortho intramolecular Hbond substituents is 2. The van der Waals surface area contributed by atoms with Crippen molar-refractivity contribution in [2.75, 3.05) is 16.0 Å². The van der Waals surface area contributed by atoms with E-state index in [9.17, 15) is 88.0 Å². The predicted molar refractivity (Wildman–Crippen MR) is 341 cm³/mol. The number of aromatic nitrogens is 6. The van der Waals surface area contributed by atoms with Crippen LogP contribution in [0.3, 0.4) is 0 Å². The molecule has 0 spiro atoms. The third-order valence-corrected chi connectivity index (χ3v) is 18.7. The van der Waals surface area contributed by atoms with Gasteiger partial charge in [-0.3, -0.25) is 0 Å². The molecule has 2 heterocycles. The summed E-state index contributed by atoms with van der Waals surface area (Å²) in [4.78, 5) is 19.0. The predicted octanol–water partition coefficient (Wildman–Crippen LogP) is -17.9. The fraction of sp³-hybridized carbons (Fsp3) is 0.0189. The van der Waals surface area contributed by atoms with Crippen molar-refractivity contribution in [1.29, 1.82) is 0 Å². The van der Waals surface area contributed by atoms with Crippen LogP contribution >= 0.6 is 23.2 Å². The van der Waals surface area contributed by atoms with E-state index in [0.717, 1.165) is 30.3 Å². The summed E-state index contributed by atoms with van der Waals surface area (Å²) >= 11 is 12.6. The summed E-state index contributed by atoms with van der Waals surface area (Å²) in [5, 5.41) is 43.8. The number of nitrogens with zero attached hydrogens (tertiary/aromatic N) is 10. The first-order chi connectivity index (χ1) is 47.4. The molecule has 5 N–H and O–H groups in total. The molecule has 0 aliphatic carbocycles. The number of nitrogens with one attached hydrogen (secondary N) is 3. The van der Waals surface area contributed by atoms with Crippen molar-refractivity contribution in [2.24, 2.45) is 20.5 Å². The van der Waals surface area contributed by atoms with E-state index in [0.29, 0.717) is 35.9 Å². The summed E-state index contributed by atoms with van der Waals surface area (Å²) < 4.78 is 272. The minimum absolute atomic E-state index is 0. The quantitative estimate of drug-likeness (QED) is 0.0230. The number of anilines is 6. The van der Waals surface area contributed by atoms with Crippen LogP contribution in [0.15, 0.2) is 171 Å². The molecule has 11 aromatic rings. The average Bonchev–Trinajstić information content (AvgIpc) is 0.751. The van der Waals surface area contributed by atoms with E-state index >= 15 is 0 Å². The van der Waals surface area contributed by atoms with Gasteiger partial charge < -0.3 is 53.5 Å². The summed E-state index contributed by atoms with van der Waals surface area (Å²) in [7, 11) is -38.1. The smallest absolute Gasteiger partial charge is 0.745 e. The third-order valence-electron chi connectivity index (χ3n) is 13.2. The molecule has 110 heavy (non-hydrogen) atoms. The summed E-state index contributed by atoms with van der Waals surface area (Å²) in [6.07, 6.45) is -0.135. The van der Waals surface area contributed by atoms with Crippen LogP contribution in [0, 0.1) is 12.1 Å². The van der Waals surface area contributed by atoms with Crippen LogP contribution < -0.4 is 252 Å². The maximum atomic E-state index is 12.6. The molecule has 0 fully saturated rings. The molecule has 0 amide bonds. The molecule has 0 atom stereocenters. The summed E-state index contributed by atoms with van der Waals surface area (Å²) in [6.45, 7) is 0. The largest absolute Gasteiger partial charge is 1.00 e. The van der Waals surface area contributed by atoms with Gasteiger partial charge in [-0.25, -0.2) is 55.5 Å². The Morgan fingerprint density at radius 1 is 0.400 bits per heavy atom. The first kappa shape index (κ1) is 106. The first-order valence-electron chi connectivity index (χ1n) is 26.3. The van der Waals surface area contributed by atoms with Gasteiger partial charge in [0.15, 0.2) is 11.5 Å². The number of phenols is 2. The molecule has 11 rings (SSSR count). The van der Waals surface area contributed by atoms with Gasteiger partial charge in [0.1, 0.15) is 77.9 Å². The molecule has 0 aliphatic heterocycles. The zero-order valence-electron chi connectivity index (χ0n) is 56.9. The maximum absolute atomic E-state index is 12.6. The van der Waals surface area contributed by atoms with E-state index in [2.05, 4.69) is 78.4 Å². The van der Waals surface area contributed by atoms with Crippen LogP contribution in [0.5, 0.6) is 11.5 Å². The van der Waals surface area contributed by atoms with Crippen LogP contribution in [-0.4, -0.2) is 143 Å². The number of hydrogen-bond acceptors (Lipinski definition) is 39. The first-order valence-corrected chi connectivity index (χ1v) is 37.5. The number of benzene rings is 9. The minimum Gasteiger partial charge on any atom is -0.745 e. The number of hydrogen-bond donors (Lipinski definition) is 5. The summed E-state index contributed by atoms with van der Waals surface area (Å²) in [5.74, 6) is -3.55. The Labute approximate surface area is 811 Å². The molecular formula is C53H27Cl2N13Na8O26S8. The number of aromatic hydroxyl groups is 2. The van der Waals surface area contributed by atoms with E-state index in [1.54, 1.807) is 0 Å². The second-order valence-corrected chi connectivity index (χ2v) is 29.4. The zero-order chi connectivity index (χ0) is 74.9. The van der Waals surface area contributed by atoms with Crippen LogP contribution in [0.2, 0.25) is 10.6 Å². The Morgan fingerprint density at radius 2 is 0.745 bits per heavy atom. The molecule has 0 unspecified atom stereocenters. The van der Waals surface area contributed by atoms with Gasteiger partial charge in [-0.05, 0) is 88.1 Å². The molecule has 0 aliphatic rings. The third kappa shape index (κ3) is 27.8. The minimum atomic E-state index is -5.60. The van der Waals surface area contributed by atoms with Crippen LogP contribution in [0.25, 0.3) is 43.1 Å². The molecule has 39 nitrogen and oxygen atoms in total. The Balaban J connectivity index is 0.00000361. The van der Waals surface area contributed by atoms with Gasteiger partial charge in [-0.1, -0.05) is 35.0 Å².